The van der Waals surface area contributed by atoms with Crippen molar-refractivity contribution in [2.75, 3.05) is 30.4 Å². The van der Waals surface area contributed by atoms with Gasteiger partial charge in [0.25, 0.3) is 0 Å². The van der Waals surface area contributed by atoms with Crippen molar-refractivity contribution >= 4 is 17.5 Å². The summed E-state index contributed by atoms with van der Waals surface area (Å²) >= 11 is 0. The minimum Gasteiger partial charge on any atom is -0.497 e. The number of ether oxygens (including phenoxy) is 1. The van der Waals surface area contributed by atoms with Crippen LogP contribution in [0.5, 0.6) is 5.75 Å². The lowest BCUT2D eigenvalue weighted by Gasteiger charge is -2.18. The standard InChI is InChI=1S/C20H21N5O/c1-26-17-8-6-15(7-9-17)10-12-21-20-23-19(14-22-24-20)25-13-11-16-4-2-3-5-18(16)25/h2-9,14H,10-13H2,1H3,(H,21,23,24). The molecule has 0 spiro atoms. The van der Waals surface area contributed by atoms with E-state index in [0.717, 1.165) is 37.5 Å². The van der Waals surface area contributed by atoms with Crippen LogP contribution in [-0.4, -0.2) is 35.4 Å². The smallest absolute Gasteiger partial charge is 0.244 e. The Morgan fingerprint density at radius 1 is 1.12 bits per heavy atom. The maximum atomic E-state index is 5.18. The molecule has 3 aromatic rings. The number of hydrogen-bond donors (Lipinski definition) is 1. The van der Waals surface area contributed by atoms with Gasteiger partial charge in [0.15, 0.2) is 5.82 Å². The molecule has 0 radical (unpaired) electrons. The Labute approximate surface area is 152 Å². The van der Waals surface area contributed by atoms with E-state index in [1.54, 1.807) is 13.3 Å². The number of nitrogens with zero attached hydrogens (tertiary/aromatic N) is 4. The zero-order valence-electron chi connectivity index (χ0n) is 14.7. The summed E-state index contributed by atoms with van der Waals surface area (Å²) in [6.07, 6.45) is 3.63. The van der Waals surface area contributed by atoms with Gasteiger partial charge in [-0.1, -0.05) is 30.3 Å². The number of para-hydroxylation sites is 1. The van der Waals surface area contributed by atoms with Crippen LogP contribution in [0.1, 0.15) is 11.1 Å². The van der Waals surface area contributed by atoms with E-state index in [4.69, 9.17) is 4.74 Å². The summed E-state index contributed by atoms with van der Waals surface area (Å²) in [6.45, 7) is 1.66. The minimum atomic E-state index is 0.556. The van der Waals surface area contributed by atoms with E-state index in [1.807, 2.05) is 12.1 Å². The number of nitrogens with one attached hydrogen (secondary N) is 1. The molecular formula is C20H21N5O. The molecule has 26 heavy (non-hydrogen) atoms. The van der Waals surface area contributed by atoms with Crippen molar-refractivity contribution in [2.45, 2.75) is 12.8 Å². The highest BCUT2D eigenvalue weighted by molar-refractivity contribution is 5.67. The molecule has 1 aromatic heterocycles. The Bertz CT molecular complexity index is 881. The molecule has 6 heteroatoms. The second kappa shape index (κ2) is 7.39. The maximum absolute atomic E-state index is 5.18. The van der Waals surface area contributed by atoms with E-state index in [9.17, 15) is 0 Å². The molecule has 1 aliphatic heterocycles. The third-order valence-corrected chi connectivity index (χ3v) is 4.57. The molecule has 132 valence electrons. The van der Waals surface area contributed by atoms with Gasteiger partial charge in [0, 0.05) is 18.8 Å². The average Bonchev–Trinajstić information content (AvgIpc) is 3.13. The van der Waals surface area contributed by atoms with Crippen LogP contribution in [0.15, 0.2) is 54.7 Å². The zero-order valence-corrected chi connectivity index (χ0v) is 14.7. The van der Waals surface area contributed by atoms with Crippen molar-refractivity contribution in [2.24, 2.45) is 0 Å². The summed E-state index contributed by atoms with van der Waals surface area (Å²) in [5.74, 6) is 2.25. The number of fused-ring (bicyclic) bond motifs is 1. The van der Waals surface area contributed by atoms with Crippen LogP contribution < -0.4 is 15.0 Å². The Morgan fingerprint density at radius 2 is 1.96 bits per heavy atom. The zero-order chi connectivity index (χ0) is 17.8. The maximum Gasteiger partial charge on any atom is 0.244 e. The van der Waals surface area contributed by atoms with Crippen LogP contribution in [0.4, 0.5) is 17.5 Å². The number of hydrogen-bond acceptors (Lipinski definition) is 6. The van der Waals surface area contributed by atoms with Crippen LogP contribution in [0, 0.1) is 0 Å². The van der Waals surface area contributed by atoms with Crippen LogP contribution in [-0.2, 0) is 12.8 Å². The highest BCUT2D eigenvalue weighted by Gasteiger charge is 2.21. The van der Waals surface area contributed by atoms with Gasteiger partial charge in [0.2, 0.25) is 5.95 Å². The van der Waals surface area contributed by atoms with Crippen LogP contribution in [0.3, 0.4) is 0 Å². The second-order valence-corrected chi connectivity index (χ2v) is 6.19. The first-order valence-electron chi connectivity index (χ1n) is 8.75. The van der Waals surface area contributed by atoms with E-state index in [2.05, 4.69) is 61.8 Å². The summed E-state index contributed by atoms with van der Waals surface area (Å²) in [5.41, 5.74) is 3.79. The van der Waals surface area contributed by atoms with Crippen molar-refractivity contribution in [1.82, 2.24) is 15.2 Å². The van der Waals surface area contributed by atoms with Gasteiger partial charge in [-0.15, -0.1) is 5.10 Å². The molecule has 1 aliphatic rings. The van der Waals surface area contributed by atoms with Gasteiger partial charge in [0.1, 0.15) is 5.75 Å². The average molecular weight is 347 g/mol. The van der Waals surface area contributed by atoms with Gasteiger partial charge in [-0.05, 0) is 42.2 Å². The monoisotopic (exact) mass is 347 g/mol. The number of methoxy groups -OCH3 is 1. The van der Waals surface area contributed by atoms with Gasteiger partial charge in [0.05, 0.1) is 13.3 Å². The Balaban J connectivity index is 1.40. The first kappa shape index (κ1) is 16.3. The Morgan fingerprint density at radius 3 is 2.81 bits per heavy atom. The van der Waals surface area contributed by atoms with Gasteiger partial charge >= 0.3 is 0 Å². The fraction of sp³-hybridized carbons (Fsp3) is 0.250. The van der Waals surface area contributed by atoms with E-state index in [1.165, 1.54) is 16.8 Å². The topological polar surface area (TPSA) is 63.2 Å². The van der Waals surface area contributed by atoms with Gasteiger partial charge in [-0.25, -0.2) is 0 Å². The number of aromatic nitrogens is 3. The lowest BCUT2D eigenvalue weighted by Crippen LogP contribution is -2.17. The Kier molecular flexibility index (Phi) is 4.64. The molecule has 0 atom stereocenters. The first-order chi connectivity index (χ1) is 12.8. The predicted molar refractivity (Wildman–Crippen MR) is 102 cm³/mol. The van der Waals surface area contributed by atoms with Crippen molar-refractivity contribution < 1.29 is 4.74 Å². The second-order valence-electron chi connectivity index (χ2n) is 6.19. The van der Waals surface area contributed by atoms with Gasteiger partial charge in [-0.3, -0.25) is 0 Å². The molecule has 6 nitrogen and oxygen atoms in total. The van der Waals surface area contributed by atoms with E-state index < -0.39 is 0 Å². The van der Waals surface area contributed by atoms with Gasteiger partial charge < -0.3 is 15.0 Å². The molecule has 0 unspecified atom stereocenters. The largest absolute Gasteiger partial charge is 0.497 e. The van der Waals surface area contributed by atoms with Crippen LogP contribution >= 0.6 is 0 Å². The molecule has 0 aliphatic carbocycles. The first-order valence-corrected chi connectivity index (χ1v) is 8.75. The fourth-order valence-electron chi connectivity index (χ4n) is 3.19. The molecule has 1 N–H and O–H groups in total. The molecule has 0 saturated carbocycles. The Hall–Kier alpha value is -3.15. The molecule has 4 rings (SSSR count). The lowest BCUT2D eigenvalue weighted by molar-refractivity contribution is 0.414. The summed E-state index contributed by atoms with van der Waals surface area (Å²) in [4.78, 5) is 6.83. The highest BCUT2D eigenvalue weighted by Crippen LogP contribution is 2.32. The molecule has 0 amide bonds. The summed E-state index contributed by atoms with van der Waals surface area (Å²) in [5, 5.41) is 11.5. The summed E-state index contributed by atoms with van der Waals surface area (Å²) in [7, 11) is 1.67. The number of rotatable bonds is 6. The fourth-order valence-corrected chi connectivity index (χ4v) is 3.19. The van der Waals surface area contributed by atoms with Gasteiger partial charge in [-0.2, -0.15) is 10.1 Å². The van der Waals surface area contributed by atoms with Crippen molar-refractivity contribution in [1.29, 1.82) is 0 Å². The molecule has 0 bridgehead atoms. The third kappa shape index (κ3) is 3.44. The number of benzene rings is 2. The van der Waals surface area contributed by atoms with Crippen LogP contribution in [0.25, 0.3) is 0 Å². The van der Waals surface area contributed by atoms with E-state index in [-0.39, 0.29) is 0 Å². The van der Waals surface area contributed by atoms with Crippen molar-refractivity contribution in [3.8, 4) is 5.75 Å². The predicted octanol–water partition coefficient (Wildman–Crippen LogP) is 3.23. The van der Waals surface area contributed by atoms with Crippen molar-refractivity contribution in [3.63, 3.8) is 0 Å². The molecule has 2 heterocycles. The van der Waals surface area contributed by atoms with E-state index >= 15 is 0 Å². The minimum absolute atomic E-state index is 0.556. The number of anilines is 3. The highest BCUT2D eigenvalue weighted by atomic mass is 16.5. The van der Waals surface area contributed by atoms with Crippen molar-refractivity contribution in [3.05, 3.63) is 65.9 Å². The molecule has 0 fully saturated rings. The normalized spacial score (nSPS) is 12.7. The molecule has 0 saturated heterocycles. The lowest BCUT2D eigenvalue weighted by atomic mass is 10.1. The van der Waals surface area contributed by atoms with E-state index in [0.29, 0.717) is 5.95 Å². The summed E-state index contributed by atoms with van der Waals surface area (Å²) < 4.78 is 5.18. The van der Waals surface area contributed by atoms with Crippen LogP contribution in [0.2, 0.25) is 0 Å². The quantitative estimate of drug-likeness (QED) is 0.739. The molecule has 2 aromatic carbocycles. The third-order valence-electron chi connectivity index (χ3n) is 4.57. The SMILES string of the molecule is COc1ccc(CCNc2nncc(N3CCc4ccccc43)n2)cc1. The summed E-state index contributed by atoms with van der Waals surface area (Å²) in [6, 6.07) is 16.5. The molecular weight excluding hydrogens is 326 g/mol.